The van der Waals surface area contributed by atoms with E-state index in [1.54, 1.807) is 24.3 Å². The van der Waals surface area contributed by atoms with E-state index < -0.39 is 6.09 Å². The largest absolute Gasteiger partial charge is 0.453 e. The minimum absolute atomic E-state index is 0.0912. The first kappa shape index (κ1) is 30.7. The highest BCUT2D eigenvalue weighted by molar-refractivity contribution is 6.30. The van der Waals surface area contributed by atoms with Gasteiger partial charge in [-0.2, -0.15) is 0 Å². The molecule has 0 aliphatic carbocycles. The quantitative estimate of drug-likeness (QED) is 0.490. The lowest BCUT2D eigenvalue weighted by Crippen LogP contribution is -2.44. The van der Waals surface area contributed by atoms with E-state index in [9.17, 15) is 9.59 Å². The van der Waals surface area contributed by atoms with E-state index in [1.165, 1.54) is 19.1 Å². The summed E-state index contributed by atoms with van der Waals surface area (Å²) in [4.78, 5) is 34.1. The number of anilines is 3. The predicted octanol–water partition coefficient (Wildman–Crippen LogP) is 6.33. The number of nitrogens with zero attached hydrogens (tertiary/aromatic N) is 1. The summed E-state index contributed by atoms with van der Waals surface area (Å²) in [6.07, 6.45) is 2.66. The number of hydrogen-bond donors (Lipinski definition) is 2. The van der Waals surface area contributed by atoms with Crippen LogP contribution in [0.4, 0.5) is 21.9 Å². The normalized spacial score (nSPS) is 12.0. The standard InChI is InChI=1S/C20H22ClN3O3.C3H8.C2H4.CH2O/c1-13(24-11-3-4-14-12-15(21)5-10-18(14)24)19(25)22-16-6-8-17(9-7-16)23-20(26)27-2;1-3-2;2*1-2/h5-10,12-13H,3-4,11H2,1-2H3,(H,22,25)(H,23,26);3H2,1-2H3;1-2H2;1H2. The van der Waals surface area contributed by atoms with Crippen LogP contribution in [0.3, 0.4) is 0 Å². The summed E-state index contributed by atoms with van der Waals surface area (Å²) in [5.41, 5.74) is 3.49. The Morgan fingerprint density at radius 3 is 2.12 bits per heavy atom. The van der Waals surface area contributed by atoms with Crippen LogP contribution >= 0.6 is 11.6 Å². The molecule has 186 valence electrons. The molecule has 3 rings (SSSR count). The number of rotatable bonds is 4. The molecule has 2 N–H and O–H groups in total. The molecule has 2 amide bonds. The van der Waals surface area contributed by atoms with E-state index in [0.717, 1.165) is 25.1 Å². The molecular formula is C26H36ClN3O4. The van der Waals surface area contributed by atoms with Gasteiger partial charge in [-0.1, -0.05) is 31.9 Å². The van der Waals surface area contributed by atoms with E-state index in [0.29, 0.717) is 16.4 Å². The lowest BCUT2D eigenvalue weighted by molar-refractivity contribution is -0.117. The van der Waals surface area contributed by atoms with Crippen LogP contribution in [-0.2, 0) is 20.7 Å². The first-order valence-corrected chi connectivity index (χ1v) is 11.4. The van der Waals surface area contributed by atoms with Crippen molar-refractivity contribution in [2.24, 2.45) is 0 Å². The monoisotopic (exact) mass is 489 g/mol. The molecule has 1 heterocycles. The summed E-state index contributed by atoms with van der Waals surface area (Å²) in [6, 6.07) is 12.4. The van der Waals surface area contributed by atoms with Gasteiger partial charge in [-0.05, 0) is 67.8 Å². The number of carbonyl (C=O) groups is 3. The van der Waals surface area contributed by atoms with Crippen LogP contribution in [0.5, 0.6) is 0 Å². The van der Waals surface area contributed by atoms with Crippen molar-refractivity contribution in [1.29, 1.82) is 0 Å². The highest BCUT2D eigenvalue weighted by atomic mass is 35.5. The van der Waals surface area contributed by atoms with Gasteiger partial charge in [0.1, 0.15) is 12.8 Å². The molecule has 1 unspecified atom stereocenters. The van der Waals surface area contributed by atoms with E-state index in [4.69, 9.17) is 16.4 Å². The second-order valence-electron chi connectivity index (χ2n) is 7.14. The molecule has 0 bridgehead atoms. The number of fused-ring (bicyclic) bond motifs is 1. The lowest BCUT2D eigenvalue weighted by Gasteiger charge is -2.35. The number of hydrogen-bond acceptors (Lipinski definition) is 5. The SMILES string of the molecule is C=C.C=O.CCC.COC(=O)Nc1ccc(NC(=O)C(C)N2CCCc3cc(Cl)ccc32)cc1. The molecule has 0 radical (unpaired) electrons. The molecule has 34 heavy (non-hydrogen) atoms. The summed E-state index contributed by atoms with van der Waals surface area (Å²) in [5.74, 6) is -0.0912. The maximum Gasteiger partial charge on any atom is 0.411 e. The third-order valence-electron chi connectivity index (χ3n) is 4.63. The van der Waals surface area contributed by atoms with E-state index in [2.05, 4.69) is 47.3 Å². The van der Waals surface area contributed by atoms with Crippen molar-refractivity contribution in [2.75, 3.05) is 29.2 Å². The molecule has 7 nitrogen and oxygen atoms in total. The molecule has 1 aliphatic rings. The van der Waals surface area contributed by atoms with Crippen molar-refractivity contribution in [1.82, 2.24) is 0 Å². The maximum atomic E-state index is 12.7. The Balaban J connectivity index is 0.00000141. The molecule has 1 atom stereocenters. The Hall–Kier alpha value is -3.32. The number of methoxy groups -OCH3 is 1. The Morgan fingerprint density at radius 1 is 1.06 bits per heavy atom. The predicted molar refractivity (Wildman–Crippen MR) is 142 cm³/mol. The minimum Gasteiger partial charge on any atom is -0.453 e. The Labute approximate surface area is 208 Å². The van der Waals surface area contributed by atoms with Crippen LogP contribution in [0.25, 0.3) is 0 Å². The van der Waals surface area contributed by atoms with Gasteiger partial charge in [0.25, 0.3) is 0 Å². The Bertz CT molecular complexity index is 888. The van der Waals surface area contributed by atoms with Gasteiger partial charge in [-0.3, -0.25) is 10.1 Å². The van der Waals surface area contributed by atoms with Gasteiger partial charge in [-0.15, -0.1) is 13.2 Å². The van der Waals surface area contributed by atoms with Crippen LogP contribution in [0.15, 0.2) is 55.6 Å². The molecule has 0 saturated heterocycles. The summed E-state index contributed by atoms with van der Waals surface area (Å²) >= 11 is 6.10. The zero-order valence-corrected chi connectivity index (χ0v) is 21.3. The summed E-state index contributed by atoms with van der Waals surface area (Å²) in [5, 5.41) is 6.21. The molecular weight excluding hydrogens is 454 g/mol. The average molecular weight is 490 g/mol. The Morgan fingerprint density at radius 2 is 1.59 bits per heavy atom. The summed E-state index contributed by atoms with van der Waals surface area (Å²) in [6.45, 7) is 15.0. The van der Waals surface area contributed by atoms with Gasteiger partial charge in [0.15, 0.2) is 0 Å². The number of nitrogens with one attached hydrogen (secondary N) is 2. The van der Waals surface area contributed by atoms with Crippen molar-refractivity contribution in [2.45, 2.75) is 46.1 Å². The fourth-order valence-corrected chi connectivity index (χ4v) is 3.39. The number of ether oxygens (including phenoxy) is 1. The van der Waals surface area contributed by atoms with Crippen LogP contribution < -0.4 is 15.5 Å². The van der Waals surface area contributed by atoms with Gasteiger partial charge in [0, 0.05) is 28.6 Å². The van der Waals surface area contributed by atoms with Crippen molar-refractivity contribution in [3.05, 3.63) is 66.2 Å². The van der Waals surface area contributed by atoms with E-state index >= 15 is 0 Å². The zero-order chi connectivity index (χ0) is 26.1. The number of halogens is 1. The van der Waals surface area contributed by atoms with E-state index in [1.807, 2.05) is 31.9 Å². The van der Waals surface area contributed by atoms with Crippen LogP contribution in [0.2, 0.25) is 5.02 Å². The molecule has 0 fully saturated rings. The summed E-state index contributed by atoms with van der Waals surface area (Å²) < 4.78 is 4.55. The smallest absolute Gasteiger partial charge is 0.411 e. The average Bonchev–Trinajstić information content (AvgIpc) is 2.87. The van der Waals surface area contributed by atoms with Crippen molar-refractivity contribution >= 4 is 47.5 Å². The van der Waals surface area contributed by atoms with Gasteiger partial charge < -0.3 is 19.7 Å². The number of aryl methyl sites for hydroxylation is 1. The van der Waals surface area contributed by atoms with Gasteiger partial charge in [0.2, 0.25) is 5.91 Å². The molecule has 2 aromatic carbocycles. The van der Waals surface area contributed by atoms with Crippen LogP contribution in [0.1, 0.15) is 39.2 Å². The van der Waals surface area contributed by atoms with Gasteiger partial charge >= 0.3 is 6.09 Å². The number of carbonyl (C=O) groups excluding carboxylic acids is 3. The van der Waals surface area contributed by atoms with E-state index in [-0.39, 0.29) is 11.9 Å². The molecule has 0 saturated carbocycles. The van der Waals surface area contributed by atoms with Crippen molar-refractivity contribution in [3.8, 4) is 0 Å². The van der Waals surface area contributed by atoms with Crippen LogP contribution in [-0.4, -0.2) is 38.5 Å². The maximum absolute atomic E-state index is 12.7. The molecule has 0 aromatic heterocycles. The summed E-state index contributed by atoms with van der Waals surface area (Å²) in [7, 11) is 1.30. The second-order valence-corrected chi connectivity index (χ2v) is 7.57. The Kier molecular flexibility index (Phi) is 15.5. The fraction of sp³-hybridized carbons (Fsp3) is 0.346. The highest BCUT2D eigenvalue weighted by Crippen LogP contribution is 2.31. The molecule has 2 aromatic rings. The third kappa shape index (κ3) is 9.67. The number of benzene rings is 2. The van der Waals surface area contributed by atoms with Crippen molar-refractivity contribution in [3.63, 3.8) is 0 Å². The van der Waals surface area contributed by atoms with Crippen molar-refractivity contribution < 1.29 is 19.1 Å². The van der Waals surface area contributed by atoms with Gasteiger partial charge in [0.05, 0.1) is 7.11 Å². The first-order chi connectivity index (χ1) is 16.4. The second kappa shape index (κ2) is 17.2. The minimum atomic E-state index is -0.538. The number of amides is 2. The van der Waals surface area contributed by atoms with Crippen LogP contribution in [0, 0.1) is 0 Å². The lowest BCUT2D eigenvalue weighted by atomic mass is 10.00. The highest BCUT2D eigenvalue weighted by Gasteiger charge is 2.26. The molecule has 1 aliphatic heterocycles. The topological polar surface area (TPSA) is 87.7 Å². The molecule has 0 spiro atoms. The first-order valence-electron chi connectivity index (χ1n) is 11.0. The van der Waals surface area contributed by atoms with Gasteiger partial charge in [-0.25, -0.2) is 4.79 Å². The fourth-order valence-electron chi connectivity index (χ4n) is 3.19. The zero-order valence-electron chi connectivity index (χ0n) is 20.5. The molecule has 8 heteroatoms. The third-order valence-corrected chi connectivity index (χ3v) is 4.86.